The molecular weight excluding hydrogens is 202 g/mol. The molecule has 0 aromatic carbocycles. The summed E-state index contributed by atoms with van der Waals surface area (Å²) in [5.74, 6) is -0.147. The van der Waals surface area contributed by atoms with Gasteiger partial charge in [-0.1, -0.05) is 0 Å². The van der Waals surface area contributed by atoms with E-state index >= 15 is 0 Å². The highest BCUT2D eigenvalue weighted by molar-refractivity contribution is 7.83. The first kappa shape index (κ1) is 12.1. The highest BCUT2D eigenvalue weighted by Gasteiger charge is 2.30. The van der Waals surface area contributed by atoms with Crippen molar-refractivity contribution < 1.29 is 14.4 Å². The van der Waals surface area contributed by atoms with E-state index in [2.05, 4.69) is 0 Å². The maximum absolute atomic E-state index is 11.7. The summed E-state index contributed by atoms with van der Waals surface area (Å²) in [5.41, 5.74) is 0. The predicted molar refractivity (Wildman–Crippen MR) is 56.1 cm³/mol. The van der Waals surface area contributed by atoms with Gasteiger partial charge in [-0.15, -0.1) is 0 Å². The average molecular weight is 221 g/mol. The maximum Gasteiger partial charge on any atom is 0.0968 e. The Kier molecular flexibility index (Phi) is 4.50. The molecule has 0 spiro atoms. The molecule has 1 heterocycles. The van der Waals surface area contributed by atoms with Crippen molar-refractivity contribution in [2.24, 2.45) is 5.92 Å². The monoisotopic (exact) mass is 221 g/mol. The Hall–Kier alpha value is 0.0300. The van der Waals surface area contributed by atoms with Gasteiger partial charge in [-0.2, -0.15) is 0 Å². The van der Waals surface area contributed by atoms with E-state index in [1.54, 1.807) is 0 Å². The average Bonchev–Trinajstić information content (AvgIpc) is 2.17. The van der Waals surface area contributed by atoms with Crippen LogP contribution in [0.4, 0.5) is 0 Å². The lowest BCUT2D eigenvalue weighted by Crippen LogP contribution is -2.46. The fourth-order valence-electron chi connectivity index (χ4n) is 1.63. The number of aliphatic hydroxyl groups is 2. The first-order valence-electron chi connectivity index (χ1n) is 5.00. The predicted octanol–water partition coefficient (Wildman–Crippen LogP) is -0.266. The van der Waals surface area contributed by atoms with E-state index in [1.807, 2.05) is 18.2 Å². The quantitative estimate of drug-likeness (QED) is 0.690. The van der Waals surface area contributed by atoms with Crippen LogP contribution >= 0.6 is 0 Å². The molecule has 0 aliphatic carbocycles. The normalized spacial score (nSPS) is 32.1. The lowest BCUT2D eigenvalue weighted by molar-refractivity contribution is 0.0242. The van der Waals surface area contributed by atoms with Crippen molar-refractivity contribution in [3.05, 3.63) is 0 Å². The molecule has 5 heteroatoms. The fourth-order valence-corrected chi connectivity index (χ4v) is 2.85. The van der Waals surface area contributed by atoms with Crippen LogP contribution in [0.15, 0.2) is 0 Å². The molecule has 2 N–H and O–H groups in total. The van der Waals surface area contributed by atoms with Crippen LogP contribution in [-0.4, -0.2) is 49.8 Å². The molecule has 0 amide bonds. The van der Waals surface area contributed by atoms with Gasteiger partial charge in [0.05, 0.1) is 17.1 Å². The van der Waals surface area contributed by atoms with Gasteiger partial charge in [-0.3, -0.25) is 0 Å². The molecule has 1 rings (SSSR count). The van der Waals surface area contributed by atoms with Crippen LogP contribution < -0.4 is 0 Å². The molecular formula is C9H19NO3S. The second-order valence-electron chi connectivity index (χ2n) is 4.01. The van der Waals surface area contributed by atoms with E-state index in [0.29, 0.717) is 19.5 Å². The van der Waals surface area contributed by atoms with Gasteiger partial charge in [0.25, 0.3) is 0 Å². The van der Waals surface area contributed by atoms with Gasteiger partial charge in [0.15, 0.2) is 0 Å². The highest BCUT2D eigenvalue weighted by Crippen LogP contribution is 2.19. The summed E-state index contributed by atoms with van der Waals surface area (Å²) in [7, 11) is -0.984. The molecule has 0 saturated carbocycles. The van der Waals surface area contributed by atoms with Crippen LogP contribution in [0.2, 0.25) is 0 Å². The van der Waals surface area contributed by atoms with Crippen molar-refractivity contribution in [3.8, 4) is 0 Å². The zero-order chi connectivity index (χ0) is 10.7. The van der Waals surface area contributed by atoms with Crippen molar-refractivity contribution in [2.75, 3.05) is 19.7 Å². The summed E-state index contributed by atoms with van der Waals surface area (Å²) in [5, 5.41) is 18.6. The van der Waals surface area contributed by atoms with Crippen molar-refractivity contribution in [1.82, 2.24) is 4.31 Å². The molecule has 0 aromatic rings. The highest BCUT2D eigenvalue weighted by atomic mass is 32.2. The Bertz CT molecular complexity index is 210. The van der Waals surface area contributed by atoms with Gasteiger partial charge in [-0.25, -0.2) is 8.51 Å². The molecule has 0 aromatic heterocycles. The van der Waals surface area contributed by atoms with Gasteiger partial charge in [0.2, 0.25) is 0 Å². The number of aliphatic hydroxyl groups excluding tert-OH is 2. The zero-order valence-corrected chi connectivity index (χ0v) is 9.54. The first-order chi connectivity index (χ1) is 6.56. The molecule has 14 heavy (non-hydrogen) atoms. The van der Waals surface area contributed by atoms with Gasteiger partial charge in [0, 0.05) is 30.9 Å². The third-order valence-electron chi connectivity index (χ3n) is 2.55. The summed E-state index contributed by atoms with van der Waals surface area (Å²) in [6, 6.07) is 0. The van der Waals surface area contributed by atoms with E-state index in [0.717, 1.165) is 0 Å². The van der Waals surface area contributed by atoms with Crippen LogP contribution in [0.25, 0.3) is 0 Å². The van der Waals surface area contributed by atoms with Crippen LogP contribution in [0.5, 0.6) is 0 Å². The lowest BCUT2D eigenvalue weighted by Gasteiger charge is -2.34. The van der Waals surface area contributed by atoms with Gasteiger partial charge in [0.1, 0.15) is 0 Å². The standard InChI is InChI=1S/C9H19NO3S/c1-7(2)14(13)10-4-3-9(12)8(5-10)6-11/h7-9,11-12H,3-6H2,1-2H3. The molecule has 1 saturated heterocycles. The van der Waals surface area contributed by atoms with E-state index in [4.69, 9.17) is 5.11 Å². The third kappa shape index (κ3) is 2.76. The SMILES string of the molecule is CC(C)S(=O)N1CCC(O)C(CO)C1. The summed E-state index contributed by atoms with van der Waals surface area (Å²) in [4.78, 5) is 0. The number of hydrogen-bond acceptors (Lipinski definition) is 3. The van der Waals surface area contributed by atoms with E-state index in [-0.39, 0.29) is 17.8 Å². The Labute approximate surface area is 87.5 Å². The minimum absolute atomic E-state index is 0.0348. The van der Waals surface area contributed by atoms with E-state index in [9.17, 15) is 9.32 Å². The first-order valence-corrected chi connectivity index (χ1v) is 6.17. The smallest absolute Gasteiger partial charge is 0.0968 e. The van der Waals surface area contributed by atoms with Crippen molar-refractivity contribution in [3.63, 3.8) is 0 Å². The number of hydrogen-bond donors (Lipinski definition) is 2. The van der Waals surface area contributed by atoms with Crippen LogP contribution in [0.3, 0.4) is 0 Å². The topological polar surface area (TPSA) is 60.8 Å². The largest absolute Gasteiger partial charge is 0.396 e. The summed E-state index contributed by atoms with van der Waals surface area (Å²) >= 11 is 0. The summed E-state index contributed by atoms with van der Waals surface area (Å²) in [6.45, 7) is 4.97. The second kappa shape index (κ2) is 5.21. The number of nitrogens with zero attached hydrogens (tertiary/aromatic N) is 1. The number of rotatable bonds is 3. The van der Waals surface area contributed by atoms with Gasteiger partial charge >= 0.3 is 0 Å². The molecule has 1 fully saturated rings. The molecule has 84 valence electrons. The Morgan fingerprint density at radius 2 is 2.21 bits per heavy atom. The van der Waals surface area contributed by atoms with Crippen LogP contribution in [0.1, 0.15) is 20.3 Å². The molecule has 1 aliphatic rings. The van der Waals surface area contributed by atoms with Crippen molar-refractivity contribution >= 4 is 11.0 Å². The molecule has 0 bridgehead atoms. The Balaban J connectivity index is 2.54. The Morgan fingerprint density at radius 3 is 2.71 bits per heavy atom. The molecule has 3 unspecified atom stereocenters. The second-order valence-corrected chi connectivity index (χ2v) is 6.02. The fraction of sp³-hybridized carbons (Fsp3) is 1.00. The Morgan fingerprint density at radius 1 is 1.57 bits per heavy atom. The minimum atomic E-state index is -0.984. The lowest BCUT2D eigenvalue weighted by atomic mass is 9.97. The van der Waals surface area contributed by atoms with Crippen LogP contribution in [-0.2, 0) is 11.0 Å². The maximum atomic E-state index is 11.7. The van der Waals surface area contributed by atoms with E-state index < -0.39 is 17.1 Å². The molecule has 3 atom stereocenters. The molecule has 0 radical (unpaired) electrons. The molecule has 4 nitrogen and oxygen atoms in total. The summed E-state index contributed by atoms with van der Waals surface area (Å²) in [6.07, 6.45) is 0.157. The van der Waals surface area contributed by atoms with E-state index in [1.165, 1.54) is 0 Å². The minimum Gasteiger partial charge on any atom is -0.396 e. The van der Waals surface area contributed by atoms with Crippen molar-refractivity contribution in [2.45, 2.75) is 31.6 Å². The summed E-state index contributed by atoms with van der Waals surface area (Å²) < 4.78 is 13.6. The zero-order valence-electron chi connectivity index (χ0n) is 8.72. The third-order valence-corrected chi connectivity index (χ3v) is 4.20. The molecule has 1 aliphatic heterocycles. The number of piperidine rings is 1. The van der Waals surface area contributed by atoms with Crippen LogP contribution in [0, 0.1) is 5.92 Å². The van der Waals surface area contributed by atoms with Gasteiger partial charge in [-0.05, 0) is 20.3 Å². The van der Waals surface area contributed by atoms with Gasteiger partial charge < -0.3 is 10.2 Å². The van der Waals surface area contributed by atoms with Crippen molar-refractivity contribution in [1.29, 1.82) is 0 Å².